The van der Waals surface area contributed by atoms with E-state index < -0.39 is 16.7 Å². The van der Waals surface area contributed by atoms with Gasteiger partial charge in [-0.25, -0.2) is 0 Å². The monoisotopic (exact) mass is 457 g/mol. The van der Waals surface area contributed by atoms with E-state index in [1.807, 2.05) is 0 Å². The van der Waals surface area contributed by atoms with E-state index in [0.717, 1.165) is 0 Å². The largest absolute Gasteiger partial charge is 0.444 e. The minimum absolute atomic E-state index is 0.0909. The van der Waals surface area contributed by atoms with Crippen LogP contribution in [0.2, 0.25) is 0 Å². The number of para-hydroxylation sites is 1. The molecule has 0 aliphatic rings. The zero-order valence-electron chi connectivity index (χ0n) is 15.5. The van der Waals surface area contributed by atoms with Gasteiger partial charge in [-0.3, -0.25) is 19.7 Å². The Morgan fingerprint density at radius 3 is 2.52 bits per heavy atom. The number of halogens is 1. The second-order valence-corrected chi connectivity index (χ2v) is 6.98. The van der Waals surface area contributed by atoms with Gasteiger partial charge < -0.3 is 14.6 Å². The van der Waals surface area contributed by atoms with Crippen molar-refractivity contribution in [1.29, 1.82) is 0 Å². The van der Waals surface area contributed by atoms with Crippen LogP contribution in [0.15, 0.2) is 63.7 Å². The third-order valence-corrected chi connectivity index (χ3v) is 4.69. The highest BCUT2D eigenvalue weighted by atomic mass is 79.9. The molecule has 2 aromatic carbocycles. The molecule has 0 fully saturated rings. The van der Waals surface area contributed by atoms with E-state index in [1.165, 1.54) is 24.1 Å². The van der Waals surface area contributed by atoms with Crippen molar-refractivity contribution in [2.24, 2.45) is 0 Å². The molecule has 8 nitrogen and oxygen atoms in total. The number of furan rings is 1. The number of nitro groups is 1. The second-order valence-electron chi connectivity index (χ2n) is 6.20. The summed E-state index contributed by atoms with van der Waals surface area (Å²) < 4.78 is 5.71. The molecular weight excluding hydrogens is 442 g/mol. The van der Waals surface area contributed by atoms with Gasteiger partial charge in [0.2, 0.25) is 0 Å². The Morgan fingerprint density at radius 2 is 1.86 bits per heavy atom. The van der Waals surface area contributed by atoms with Gasteiger partial charge >= 0.3 is 0 Å². The average molecular weight is 458 g/mol. The number of hydrogen-bond donors (Lipinski definition) is 1. The van der Waals surface area contributed by atoms with Gasteiger partial charge in [-0.2, -0.15) is 0 Å². The third-order valence-electron chi connectivity index (χ3n) is 4.26. The predicted octanol–water partition coefficient (Wildman–Crippen LogP) is 4.79. The number of carbonyl (C=O) groups excluding carboxylic acids is 2. The lowest BCUT2D eigenvalue weighted by Gasteiger charge is -2.19. The van der Waals surface area contributed by atoms with Crippen LogP contribution in [0.5, 0.6) is 0 Å². The van der Waals surface area contributed by atoms with Crippen LogP contribution in [-0.4, -0.2) is 23.8 Å². The van der Waals surface area contributed by atoms with Crippen molar-refractivity contribution in [3.8, 4) is 0 Å². The molecule has 1 heterocycles. The topological polar surface area (TPSA) is 106 Å². The number of amides is 2. The summed E-state index contributed by atoms with van der Waals surface area (Å²) in [6.45, 7) is 1.62. The summed E-state index contributed by atoms with van der Waals surface area (Å²) in [7, 11) is 1.53. The van der Waals surface area contributed by atoms with Crippen LogP contribution >= 0.6 is 15.9 Å². The van der Waals surface area contributed by atoms with Crippen molar-refractivity contribution in [2.45, 2.75) is 6.92 Å². The number of nitro benzene ring substituents is 1. The number of carbonyl (C=O) groups is 2. The second kappa shape index (κ2) is 8.27. The van der Waals surface area contributed by atoms with E-state index in [4.69, 9.17) is 4.42 Å². The zero-order valence-corrected chi connectivity index (χ0v) is 17.1. The molecule has 0 unspecified atom stereocenters. The Balaban J connectivity index is 1.88. The van der Waals surface area contributed by atoms with Crippen molar-refractivity contribution in [1.82, 2.24) is 0 Å². The fraction of sp³-hybridized carbons (Fsp3) is 0.100. The van der Waals surface area contributed by atoms with Crippen molar-refractivity contribution in [3.63, 3.8) is 0 Å². The minimum atomic E-state index is -0.507. The first-order valence-corrected chi connectivity index (χ1v) is 9.26. The van der Waals surface area contributed by atoms with Crippen molar-refractivity contribution < 1.29 is 18.9 Å². The van der Waals surface area contributed by atoms with Crippen LogP contribution in [0.1, 0.15) is 26.5 Å². The van der Waals surface area contributed by atoms with Crippen LogP contribution < -0.4 is 10.2 Å². The lowest BCUT2D eigenvalue weighted by Crippen LogP contribution is -2.28. The molecule has 0 atom stereocenters. The summed E-state index contributed by atoms with van der Waals surface area (Å²) in [6, 6.07) is 14.1. The molecular formula is C20H16BrN3O5. The minimum Gasteiger partial charge on any atom is -0.444 e. The maximum Gasteiger partial charge on any atom is 0.293 e. The first-order chi connectivity index (χ1) is 13.8. The molecule has 0 bridgehead atoms. The first-order valence-electron chi connectivity index (χ1n) is 8.46. The Morgan fingerprint density at radius 1 is 1.14 bits per heavy atom. The number of rotatable bonds is 5. The summed E-state index contributed by atoms with van der Waals surface area (Å²) in [5.74, 6) is -0.815. The van der Waals surface area contributed by atoms with Crippen molar-refractivity contribution in [2.75, 3.05) is 17.3 Å². The summed E-state index contributed by atoms with van der Waals surface area (Å²) in [6.07, 6.45) is 0. The van der Waals surface area contributed by atoms with E-state index >= 15 is 0 Å². The third kappa shape index (κ3) is 4.35. The first kappa shape index (κ1) is 20.3. The van der Waals surface area contributed by atoms with Gasteiger partial charge in [0.05, 0.1) is 16.2 Å². The number of nitrogens with zero attached hydrogens (tertiary/aromatic N) is 2. The summed E-state index contributed by atoms with van der Waals surface area (Å²) >= 11 is 3.15. The Labute approximate surface area is 174 Å². The fourth-order valence-electron chi connectivity index (χ4n) is 2.74. The Kier molecular flexibility index (Phi) is 5.79. The molecule has 0 spiro atoms. The Hall–Kier alpha value is -3.46. The lowest BCUT2D eigenvalue weighted by molar-refractivity contribution is -0.385. The summed E-state index contributed by atoms with van der Waals surface area (Å²) in [4.78, 5) is 37.4. The van der Waals surface area contributed by atoms with Gasteiger partial charge in [0, 0.05) is 24.4 Å². The molecule has 3 rings (SSSR count). The van der Waals surface area contributed by atoms with Crippen LogP contribution in [0.25, 0.3) is 0 Å². The highest BCUT2D eigenvalue weighted by Crippen LogP contribution is 2.26. The zero-order chi connectivity index (χ0) is 21.1. The van der Waals surface area contributed by atoms with Gasteiger partial charge in [0.1, 0.15) is 0 Å². The molecule has 0 saturated heterocycles. The number of hydrogen-bond acceptors (Lipinski definition) is 5. The standard InChI is InChI=1S/C20H16BrN3O5/c1-12-7-8-13(11-16(12)24(27)28)22-19(25)14-5-3-4-6-15(14)23(2)20(26)17-9-10-18(21)29-17/h3-11H,1-2H3,(H,22,25). The van der Waals surface area contributed by atoms with Gasteiger partial charge in [-0.05, 0) is 53.2 Å². The quantitative estimate of drug-likeness (QED) is 0.437. The smallest absolute Gasteiger partial charge is 0.293 e. The van der Waals surface area contributed by atoms with Gasteiger partial charge in [0.25, 0.3) is 17.5 Å². The fourth-order valence-corrected chi connectivity index (χ4v) is 3.05. The lowest BCUT2D eigenvalue weighted by atomic mass is 10.1. The SMILES string of the molecule is Cc1ccc(NC(=O)c2ccccc2N(C)C(=O)c2ccc(Br)o2)cc1[N+](=O)[O-]. The molecule has 0 saturated carbocycles. The summed E-state index contributed by atoms with van der Waals surface area (Å²) in [5, 5.41) is 13.8. The van der Waals surface area contributed by atoms with E-state index in [1.54, 1.807) is 49.4 Å². The maximum absolute atomic E-state index is 12.8. The van der Waals surface area contributed by atoms with Crippen molar-refractivity contribution >= 4 is 44.8 Å². The predicted molar refractivity (Wildman–Crippen MR) is 111 cm³/mol. The van der Waals surface area contributed by atoms with E-state index in [9.17, 15) is 19.7 Å². The number of aryl methyl sites for hydroxylation is 1. The highest BCUT2D eigenvalue weighted by Gasteiger charge is 2.22. The van der Waals surface area contributed by atoms with Crippen LogP contribution in [0.4, 0.5) is 17.1 Å². The van der Waals surface area contributed by atoms with Gasteiger partial charge in [0.15, 0.2) is 10.4 Å². The van der Waals surface area contributed by atoms with Gasteiger partial charge in [-0.1, -0.05) is 18.2 Å². The van der Waals surface area contributed by atoms with E-state index in [2.05, 4.69) is 21.2 Å². The molecule has 0 radical (unpaired) electrons. The number of anilines is 2. The molecule has 9 heteroatoms. The highest BCUT2D eigenvalue weighted by molar-refractivity contribution is 9.10. The molecule has 148 valence electrons. The van der Waals surface area contributed by atoms with E-state index in [0.29, 0.717) is 15.9 Å². The van der Waals surface area contributed by atoms with Crippen LogP contribution in [0, 0.1) is 17.0 Å². The molecule has 2 amide bonds. The van der Waals surface area contributed by atoms with Crippen LogP contribution in [0.3, 0.4) is 0 Å². The average Bonchev–Trinajstić information content (AvgIpc) is 3.14. The Bertz CT molecular complexity index is 1110. The maximum atomic E-state index is 12.8. The molecule has 1 N–H and O–H groups in total. The number of benzene rings is 2. The molecule has 3 aromatic rings. The molecule has 0 aliphatic heterocycles. The molecule has 29 heavy (non-hydrogen) atoms. The van der Waals surface area contributed by atoms with Crippen LogP contribution in [-0.2, 0) is 0 Å². The van der Waals surface area contributed by atoms with E-state index in [-0.39, 0.29) is 22.7 Å². The van der Waals surface area contributed by atoms with Crippen molar-refractivity contribution in [3.05, 3.63) is 86.3 Å². The molecule has 0 aliphatic carbocycles. The normalized spacial score (nSPS) is 10.4. The summed E-state index contributed by atoms with van der Waals surface area (Å²) in [5.41, 5.74) is 1.28. The number of nitrogens with one attached hydrogen (secondary N) is 1. The molecule has 1 aromatic heterocycles. The van der Waals surface area contributed by atoms with Gasteiger partial charge in [-0.15, -0.1) is 0 Å².